The van der Waals surface area contributed by atoms with E-state index in [0.29, 0.717) is 27.7 Å². The maximum Gasteiger partial charge on any atom is 0.419 e. The molecule has 190 valence electrons. The van der Waals surface area contributed by atoms with Crippen molar-refractivity contribution in [3.63, 3.8) is 0 Å². The van der Waals surface area contributed by atoms with E-state index in [4.69, 9.17) is 22.1 Å². The number of hydrogen-bond donors (Lipinski definition) is 0. The molecule has 2 heterocycles. The number of carbonyl (C=O) groups excluding carboxylic acids is 1. The molecule has 0 aliphatic rings. The summed E-state index contributed by atoms with van der Waals surface area (Å²) in [6.07, 6.45) is 1.96. The van der Waals surface area contributed by atoms with Gasteiger partial charge in [0.2, 0.25) is 15.7 Å². The van der Waals surface area contributed by atoms with Crippen LogP contribution in [0.5, 0.6) is 11.6 Å². The summed E-state index contributed by atoms with van der Waals surface area (Å²) >= 11 is 0. The lowest BCUT2D eigenvalue weighted by atomic mass is 9.94. The van der Waals surface area contributed by atoms with Crippen LogP contribution in [0.1, 0.15) is 26.3 Å². The molecule has 0 unspecified atom stereocenters. The van der Waals surface area contributed by atoms with Crippen molar-refractivity contribution in [1.82, 2.24) is 14.5 Å². The maximum atomic E-state index is 12.9. The summed E-state index contributed by atoms with van der Waals surface area (Å²) in [6, 6.07) is 13.8. The van der Waals surface area contributed by atoms with Gasteiger partial charge in [-0.3, -0.25) is 4.57 Å². The lowest BCUT2D eigenvalue weighted by molar-refractivity contribution is 0.0544. The van der Waals surface area contributed by atoms with E-state index in [1.54, 1.807) is 64.4 Å². The van der Waals surface area contributed by atoms with Crippen LogP contribution < -0.4 is 14.9 Å². The summed E-state index contributed by atoms with van der Waals surface area (Å²) in [6.45, 7) is 5.44. The molecule has 11 heteroatoms. The minimum atomic E-state index is -3.78. The molecule has 0 amide bonds. The van der Waals surface area contributed by atoms with Gasteiger partial charge in [0.1, 0.15) is 25.8 Å². The minimum absolute atomic E-state index is 0.0586. The van der Waals surface area contributed by atoms with E-state index in [9.17, 15) is 13.2 Å². The first-order valence-corrected chi connectivity index (χ1v) is 13.2. The number of hydrogen-bond acceptors (Lipinski definition) is 8. The highest BCUT2D eigenvalue weighted by Gasteiger charge is 2.23. The zero-order valence-electron chi connectivity index (χ0n) is 21.2. The van der Waals surface area contributed by atoms with Crippen molar-refractivity contribution in [2.24, 2.45) is 0 Å². The van der Waals surface area contributed by atoms with Crippen molar-refractivity contribution < 1.29 is 27.4 Å². The van der Waals surface area contributed by atoms with Crippen LogP contribution in [0, 0.1) is 0 Å². The fourth-order valence-corrected chi connectivity index (χ4v) is 4.09. The number of aromatic nitrogens is 3. The number of benzene rings is 2. The Morgan fingerprint density at radius 2 is 1.76 bits per heavy atom. The van der Waals surface area contributed by atoms with E-state index in [2.05, 4.69) is 9.97 Å². The molecule has 0 N–H and O–H groups in total. The first-order valence-electron chi connectivity index (χ1n) is 11.3. The molecule has 0 saturated heterocycles. The Morgan fingerprint density at radius 1 is 1.05 bits per heavy atom. The topological polar surface area (TPSA) is 110 Å². The van der Waals surface area contributed by atoms with Crippen LogP contribution in [0.25, 0.3) is 22.2 Å². The highest BCUT2D eigenvalue weighted by atomic mass is 32.2. The summed E-state index contributed by atoms with van der Waals surface area (Å²) in [7, 11) is 3.82. The molecular formula is C26H26BN3O6S. The van der Waals surface area contributed by atoms with E-state index in [1.165, 1.54) is 10.6 Å². The van der Waals surface area contributed by atoms with Crippen LogP contribution in [0.3, 0.4) is 0 Å². The van der Waals surface area contributed by atoms with Crippen molar-refractivity contribution in [2.75, 3.05) is 13.4 Å². The summed E-state index contributed by atoms with van der Waals surface area (Å²) < 4.78 is 42.7. The average molecular weight is 519 g/mol. The number of rotatable bonds is 6. The van der Waals surface area contributed by atoms with Crippen molar-refractivity contribution in [1.29, 1.82) is 0 Å². The molecule has 4 rings (SSSR count). The van der Waals surface area contributed by atoms with Crippen LogP contribution in [0.15, 0.2) is 59.9 Å². The molecule has 0 bridgehead atoms. The number of ether oxygens (including phenoxy) is 3. The largest absolute Gasteiger partial charge is 0.497 e. The highest BCUT2D eigenvalue weighted by Crippen LogP contribution is 2.32. The third-order valence-corrected chi connectivity index (χ3v) is 6.10. The predicted octanol–water partition coefficient (Wildman–Crippen LogP) is 3.67. The molecule has 0 atom stereocenters. The van der Waals surface area contributed by atoms with Gasteiger partial charge in [0, 0.05) is 29.5 Å². The molecule has 0 aliphatic carbocycles. The Hall–Kier alpha value is -3.86. The van der Waals surface area contributed by atoms with Gasteiger partial charge >= 0.3 is 6.09 Å². The minimum Gasteiger partial charge on any atom is -0.497 e. The molecular weight excluding hydrogens is 493 g/mol. The van der Waals surface area contributed by atoms with Crippen molar-refractivity contribution in [3.05, 3.63) is 60.3 Å². The van der Waals surface area contributed by atoms with E-state index in [0.717, 1.165) is 11.8 Å². The summed E-state index contributed by atoms with van der Waals surface area (Å²) in [4.78, 5) is 21.3. The number of fused-ring (bicyclic) bond motifs is 1. The van der Waals surface area contributed by atoms with E-state index < -0.39 is 26.7 Å². The molecule has 2 radical (unpaired) electrons. The first kappa shape index (κ1) is 26.2. The number of nitrogens with zero attached hydrogens (tertiary/aromatic N) is 3. The van der Waals surface area contributed by atoms with Crippen molar-refractivity contribution in [3.8, 4) is 22.9 Å². The van der Waals surface area contributed by atoms with E-state index >= 15 is 0 Å². The maximum absolute atomic E-state index is 12.9. The standard InChI is InChI=1S/C26H26BN3O6S/c1-26(2,3)36-25(31)30-14-20(19-12-17(27)8-11-22(19)30)21-13-23(29-24(28-21)37(5,32)33)35-15-16-6-9-18(34-4)10-7-16/h6-14H,15H2,1-5H3. The normalized spacial score (nSPS) is 11.9. The van der Waals surface area contributed by atoms with Gasteiger partial charge in [0.15, 0.2) is 0 Å². The van der Waals surface area contributed by atoms with Gasteiger partial charge in [-0.05, 0) is 44.5 Å². The Kier molecular flexibility index (Phi) is 7.01. The van der Waals surface area contributed by atoms with Gasteiger partial charge in [-0.2, -0.15) is 4.98 Å². The van der Waals surface area contributed by atoms with Crippen LogP contribution in [0.4, 0.5) is 4.79 Å². The fraction of sp³-hybridized carbons (Fsp3) is 0.269. The molecule has 37 heavy (non-hydrogen) atoms. The zero-order chi connectivity index (χ0) is 27.0. The Bertz CT molecular complexity index is 1570. The van der Waals surface area contributed by atoms with Crippen molar-refractivity contribution >= 4 is 40.1 Å². The van der Waals surface area contributed by atoms with Crippen LogP contribution in [0.2, 0.25) is 0 Å². The van der Waals surface area contributed by atoms with E-state index in [1.807, 2.05) is 12.1 Å². The number of carbonyl (C=O) groups is 1. The van der Waals surface area contributed by atoms with E-state index in [-0.39, 0.29) is 18.2 Å². The fourth-order valence-electron chi connectivity index (χ4n) is 3.57. The molecule has 2 aromatic carbocycles. The highest BCUT2D eigenvalue weighted by molar-refractivity contribution is 7.90. The van der Waals surface area contributed by atoms with Gasteiger partial charge in [0.25, 0.3) is 5.16 Å². The number of sulfone groups is 1. The smallest absolute Gasteiger partial charge is 0.419 e. The van der Waals surface area contributed by atoms with Crippen molar-refractivity contribution in [2.45, 2.75) is 38.1 Å². The van der Waals surface area contributed by atoms with Gasteiger partial charge in [-0.1, -0.05) is 29.7 Å². The Labute approximate surface area is 216 Å². The zero-order valence-corrected chi connectivity index (χ0v) is 22.0. The molecule has 0 spiro atoms. The summed E-state index contributed by atoms with van der Waals surface area (Å²) in [5.41, 5.74) is 1.81. The van der Waals surface area contributed by atoms with Crippen LogP contribution in [-0.4, -0.2) is 55.9 Å². The van der Waals surface area contributed by atoms with Gasteiger partial charge in [0.05, 0.1) is 18.3 Å². The first-order chi connectivity index (χ1) is 17.3. The second-order valence-electron chi connectivity index (χ2n) is 9.45. The monoisotopic (exact) mass is 519 g/mol. The predicted molar refractivity (Wildman–Crippen MR) is 140 cm³/mol. The third-order valence-electron chi connectivity index (χ3n) is 5.25. The lowest BCUT2D eigenvalue weighted by Crippen LogP contribution is -2.26. The molecule has 2 aromatic heterocycles. The van der Waals surface area contributed by atoms with Gasteiger partial charge < -0.3 is 14.2 Å². The Balaban J connectivity index is 1.80. The van der Waals surface area contributed by atoms with Gasteiger partial charge in [-0.15, -0.1) is 0 Å². The second-order valence-corrected chi connectivity index (χ2v) is 11.4. The summed E-state index contributed by atoms with van der Waals surface area (Å²) in [5.74, 6) is 0.761. The number of methoxy groups -OCH3 is 1. The van der Waals surface area contributed by atoms with Crippen LogP contribution >= 0.6 is 0 Å². The molecule has 0 fully saturated rings. The lowest BCUT2D eigenvalue weighted by Gasteiger charge is -2.19. The molecule has 0 saturated carbocycles. The van der Waals surface area contributed by atoms with Crippen LogP contribution in [-0.2, 0) is 21.2 Å². The summed E-state index contributed by atoms with van der Waals surface area (Å²) in [5, 5.41) is 0.182. The quantitative estimate of drug-likeness (QED) is 0.281. The molecule has 0 aliphatic heterocycles. The Morgan fingerprint density at radius 3 is 2.38 bits per heavy atom. The van der Waals surface area contributed by atoms with Gasteiger partial charge in [-0.25, -0.2) is 18.2 Å². The third kappa shape index (κ3) is 6.11. The SMILES string of the molecule is [B]c1ccc2c(c1)c(-c1cc(OCc3ccc(OC)cc3)nc(S(C)(=O)=O)n1)cn2C(=O)OC(C)(C)C. The molecule has 9 nitrogen and oxygen atoms in total. The molecule has 4 aromatic rings. The second kappa shape index (κ2) is 9.89. The average Bonchev–Trinajstić information content (AvgIpc) is 3.20.